The van der Waals surface area contributed by atoms with E-state index in [1.54, 1.807) is 24.3 Å². The molecule has 1 atom stereocenters. The van der Waals surface area contributed by atoms with Gasteiger partial charge in [0, 0.05) is 12.3 Å². The molecule has 3 N–H and O–H groups in total. The molecule has 2 rings (SSSR count). The molecule has 0 saturated carbocycles. The highest BCUT2D eigenvalue weighted by molar-refractivity contribution is 7.90. The lowest BCUT2D eigenvalue weighted by Gasteiger charge is -2.17. The second-order valence-corrected chi connectivity index (χ2v) is 7.53. The van der Waals surface area contributed by atoms with Crippen molar-refractivity contribution >= 4 is 15.7 Å². The summed E-state index contributed by atoms with van der Waals surface area (Å²) in [7, 11) is -3.36. The zero-order valence-corrected chi connectivity index (χ0v) is 13.5. The number of carbonyl (C=O) groups excluding carboxylic acids is 1. The predicted molar refractivity (Wildman–Crippen MR) is 90.1 cm³/mol. The van der Waals surface area contributed by atoms with Gasteiger partial charge in [-0.05, 0) is 11.1 Å². The van der Waals surface area contributed by atoms with Crippen LogP contribution in [-0.2, 0) is 20.4 Å². The number of nitrogens with two attached hydrogens (primary N) is 1. The summed E-state index contributed by atoms with van der Waals surface area (Å²) < 4.78 is 25.0. The van der Waals surface area contributed by atoms with E-state index in [0.29, 0.717) is 0 Å². The van der Waals surface area contributed by atoms with Crippen LogP contribution in [-0.4, -0.2) is 20.1 Å². The molecule has 122 valence electrons. The Labute approximate surface area is 136 Å². The van der Waals surface area contributed by atoms with Crippen molar-refractivity contribution in [3.05, 3.63) is 71.8 Å². The van der Waals surface area contributed by atoms with Crippen LogP contribution < -0.4 is 11.3 Å². The first-order chi connectivity index (χ1) is 11.0. The van der Waals surface area contributed by atoms with Gasteiger partial charge in [-0.2, -0.15) is 0 Å². The fourth-order valence-electron chi connectivity index (χ4n) is 2.47. The summed E-state index contributed by atoms with van der Waals surface area (Å²) in [6, 6.07) is 18.2. The number of benzene rings is 2. The van der Waals surface area contributed by atoms with E-state index in [1.807, 2.05) is 36.4 Å². The molecule has 0 aliphatic rings. The summed E-state index contributed by atoms with van der Waals surface area (Å²) in [6.07, 6.45) is 0.0362. The van der Waals surface area contributed by atoms with Gasteiger partial charge < -0.3 is 0 Å². The SMILES string of the molecule is NNC(=O)CC(CS(=O)(=O)Cc1ccccc1)c1ccccc1. The van der Waals surface area contributed by atoms with E-state index in [9.17, 15) is 13.2 Å². The van der Waals surface area contributed by atoms with Gasteiger partial charge >= 0.3 is 0 Å². The first-order valence-corrected chi connectivity index (χ1v) is 9.11. The molecule has 0 aliphatic heterocycles. The van der Waals surface area contributed by atoms with Crippen LogP contribution in [0.25, 0.3) is 0 Å². The van der Waals surface area contributed by atoms with Crippen LogP contribution in [0.5, 0.6) is 0 Å². The first kappa shape index (κ1) is 17.2. The van der Waals surface area contributed by atoms with E-state index >= 15 is 0 Å². The number of carbonyl (C=O) groups is 1. The highest BCUT2D eigenvalue weighted by Crippen LogP contribution is 2.23. The van der Waals surface area contributed by atoms with Crippen LogP contribution in [0.4, 0.5) is 0 Å². The third kappa shape index (κ3) is 5.50. The van der Waals surface area contributed by atoms with Crippen molar-refractivity contribution in [1.29, 1.82) is 0 Å². The Balaban J connectivity index is 2.17. The van der Waals surface area contributed by atoms with Gasteiger partial charge in [0.25, 0.3) is 0 Å². The van der Waals surface area contributed by atoms with Gasteiger partial charge in [0.15, 0.2) is 9.84 Å². The lowest BCUT2D eigenvalue weighted by atomic mass is 9.97. The number of hydrogen-bond acceptors (Lipinski definition) is 4. The molecule has 0 saturated heterocycles. The third-order valence-electron chi connectivity index (χ3n) is 3.55. The summed E-state index contributed by atoms with van der Waals surface area (Å²) >= 11 is 0. The minimum absolute atomic E-state index is 0.0362. The average Bonchev–Trinajstić information content (AvgIpc) is 2.55. The Hall–Kier alpha value is -2.18. The molecular weight excluding hydrogens is 312 g/mol. The molecule has 6 heteroatoms. The summed E-state index contributed by atoms with van der Waals surface area (Å²) in [5.74, 6) is 4.20. The van der Waals surface area contributed by atoms with Gasteiger partial charge in [-0.3, -0.25) is 10.2 Å². The molecule has 0 heterocycles. The number of hydrogen-bond donors (Lipinski definition) is 2. The maximum absolute atomic E-state index is 12.5. The first-order valence-electron chi connectivity index (χ1n) is 7.29. The summed E-state index contributed by atoms with van der Waals surface area (Å²) in [4.78, 5) is 11.6. The Morgan fingerprint density at radius 3 is 2.13 bits per heavy atom. The van der Waals surface area contributed by atoms with Gasteiger partial charge in [-0.1, -0.05) is 60.7 Å². The molecule has 0 bridgehead atoms. The minimum Gasteiger partial charge on any atom is -0.294 e. The smallest absolute Gasteiger partial charge is 0.234 e. The maximum atomic E-state index is 12.5. The number of nitrogens with one attached hydrogen (secondary N) is 1. The van der Waals surface area contributed by atoms with E-state index in [-0.39, 0.29) is 23.8 Å². The summed E-state index contributed by atoms with van der Waals surface area (Å²) in [5, 5.41) is 0. The molecule has 0 aliphatic carbocycles. The highest BCUT2D eigenvalue weighted by atomic mass is 32.2. The van der Waals surface area contributed by atoms with E-state index in [0.717, 1.165) is 11.1 Å². The monoisotopic (exact) mass is 332 g/mol. The van der Waals surface area contributed by atoms with E-state index in [4.69, 9.17) is 5.84 Å². The molecule has 0 fully saturated rings. The van der Waals surface area contributed by atoms with Crippen molar-refractivity contribution < 1.29 is 13.2 Å². The van der Waals surface area contributed by atoms with Gasteiger partial charge in [-0.25, -0.2) is 14.3 Å². The van der Waals surface area contributed by atoms with E-state index in [1.165, 1.54) is 0 Å². The molecule has 23 heavy (non-hydrogen) atoms. The minimum atomic E-state index is -3.36. The zero-order valence-electron chi connectivity index (χ0n) is 12.7. The molecule has 1 unspecified atom stereocenters. The Morgan fingerprint density at radius 2 is 1.57 bits per heavy atom. The third-order valence-corrected chi connectivity index (χ3v) is 5.23. The van der Waals surface area contributed by atoms with Crippen LogP contribution in [0.3, 0.4) is 0 Å². The molecule has 1 amide bonds. The van der Waals surface area contributed by atoms with Crippen LogP contribution in [0.1, 0.15) is 23.5 Å². The van der Waals surface area contributed by atoms with Gasteiger partial charge in [0.1, 0.15) is 0 Å². The lowest BCUT2D eigenvalue weighted by Crippen LogP contribution is -2.32. The Bertz CT molecular complexity index is 731. The standard InChI is InChI=1S/C17H20N2O3S/c18-19-17(20)11-16(15-9-5-2-6-10-15)13-23(21,22)12-14-7-3-1-4-8-14/h1-10,16H,11-13,18H2,(H,19,20). The van der Waals surface area contributed by atoms with Crippen LogP contribution in [0.15, 0.2) is 60.7 Å². The van der Waals surface area contributed by atoms with Crippen LogP contribution in [0.2, 0.25) is 0 Å². The fourth-order valence-corrected chi connectivity index (χ4v) is 4.22. The largest absolute Gasteiger partial charge is 0.294 e. The number of amides is 1. The predicted octanol–water partition coefficient (Wildman–Crippen LogP) is 1.77. The van der Waals surface area contributed by atoms with Crippen molar-refractivity contribution in [1.82, 2.24) is 5.43 Å². The van der Waals surface area contributed by atoms with Gasteiger partial charge in [-0.15, -0.1) is 0 Å². The van der Waals surface area contributed by atoms with Gasteiger partial charge in [0.2, 0.25) is 5.91 Å². The van der Waals surface area contributed by atoms with Crippen LogP contribution in [0, 0.1) is 0 Å². The molecule has 0 radical (unpaired) electrons. The molecule has 2 aromatic rings. The molecule has 5 nitrogen and oxygen atoms in total. The quantitative estimate of drug-likeness (QED) is 0.459. The summed E-state index contributed by atoms with van der Waals surface area (Å²) in [6.45, 7) is 0. The Kier molecular flexibility index (Phi) is 5.90. The lowest BCUT2D eigenvalue weighted by molar-refractivity contribution is -0.121. The highest BCUT2D eigenvalue weighted by Gasteiger charge is 2.23. The molecule has 0 aromatic heterocycles. The number of hydrazine groups is 1. The molecule has 0 spiro atoms. The van der Waals surface area contributed by atoms with Crippen molar-refractivity contribution in [3.63, 3.8) is 0 Å². The zero-order chi connectivity index (χ0) is 16.7. The maximum Gasteiger partial charge on any atom is 0.234 e. The normalized spacial score (nSPS) is 12.6. The van der Waals surface area contributed by atoms with E-state index in [2.05, 4.69) is 5.43 Å². The van der Waals surface area contributed by atoms with Crippen molar-refractivity contribution in [2.45, 2.75) is 18.1 Å². The van der Waals surface area contributed by atoms with Crippen molar-refractivity contribution in [3.8, 4) is 0 Å². The summed E-state index contributed by atoms with van der Waals surface area (Å²) in [5.41, 5.74) is 3.62. The number of sulfone groups is 1. The van der Waals surface area contributed by atoms with Gasteiger partial charge in [0.05, 0.1) is 11.5 Å². The molecule has 2 aromatic carbocycles. The fraction of sp³-hybridized carbons (Fsp3) is 0.235. The second kappa shape index (κ2) is 7.89. The van der Waals surface area contributed by atoms with E-state index < -0.39 is 15.8 Å². The number of rotatable bonds is 7. The molecular formula is C17H20N2O3S. The topological polar surface area (TPSA) is 89.3 Å². The Morgan fingerprint density at radius 1 is 1.00 bits per heavy atom. The second-order valence-electron chi connectivity index (χ2n) is 5.42. The average molecular weight is 332 g/mol. The van der Waals surface area contributed by atoms with Crippen LogP contribution >= 0.6 is 0 Å². The van der Waals surface area contributed by atoms with Crippen molar-refractivity contribution in [2.24, 2.45) is 5.84 Å². The van der Waals surface area contributed by atoms with Crippen molar-refractivity contribution in [2.75, 3.05) is 5.75 Å².